The van der Waals surface area contributed by atoms with E-state index >= 15 is 0 Å². The van der Waals surface area contributed by atoms with Gasteiger partial charge in [-0.25, -0.2) is 9.97 Å². The summed E-state index contributed by atoms with van der Waals surface area (Å²) in [6.07, 6.45) is 8.55. The zero-order valence-electron chi connectivity index (χ0n) is 22.6. The molecule has 0 saturated heterocycles. The highest BCUT2D eigenvalue weighted by molar-refractivity contribution is 5.76. The zero-order chi connectivity index (χ0) is 27.0. The molecule has 0 spiro atoms. The van der Waals surface area contributed by atoms with Gasteiger partial charge >= 0.3 is 0 Å². The highest BCUT2D eigenvalue weighted by Gasteiger charge is 2.63. The van der Waals surface area contributed by atoms with E-state index in [1.54, 1.807) is 0 Å². The van der Waals surface area contributed by atoms with E-state index in [1.807, 2.05) is 38.1 Å². The lowest BCUT2D eigenvalue weighted by molar-refractivity contribution is -0.102. The molecule has 2 unspecified atom stereocenters. The summed E-state index contributed by atoms with van der Waals surface area (Å²) in [5.74, 6) is 0. The first kappa shape index (κ1) is 24.1. The normalized spacial score (nSPS) is 30.4. The van der Waals surface area contributed by atoms with E-state index in [9.17, 15) is 0 Å². The molecule has 4 bridgehead atoms. The van der Waals surface area contributed by atoms with Crippen molar-refractivity contribution in [2.24, 2.45) is 0 Å². The molecular formula is C34H30N2O4. The molecule has 0 amide bonds. The van der Waals surface area contributed by atoms with Gasteiger partial charge in [0.15, 0.2) is 11.2 Å². The van der Waals surface area contributed by atoms with Gasteiger partial charge in [-0.15, -0.1) is 0 Å². The fourth-order valence-electron chi connectivity index (χ4n) is 6.99. The second-order valence-electron chi connectivity index (χ2n) is 10.9. The third-order valence-electron chi connectivity index (χ3n) is 8.74. The predicted molar refractivity (Wildman–Crippen MR) is 151 cm³/mol. The van der Waals surface area contributed by atoms with E-state index < -0.39 is 22.4 Å². The lowest BCUT2D eigenvalue weighted by Crippen LogP contribution is -2.35. The Hall–Kier alpha value is -3.68. The molecule has 6 nitrogen and oxygen atoms in total. The monoisotopic (exact) mass is 530 g/mol. The number of nitrogens with zero attached hydrogens (tertiary/aromatic N) is 2. The van der Waals surface area contributed by atoms with E-state index in [0.29, 0.717) is 26.4 Å². The Labute approximate surface area is 233 Å². The van der Waals surface area contributed by atoms with Crippen molar-refractivity contribution >= 4 is 11.0 Å². The van der Waals surface area contributed by atoms with Crippen LogP contribution in [0.4, 0.5) is 0 Å². The molecule has 1 aromatic heterocycles. The Morgan fingerprint density at radius 3 is 1.38 bits per heavy atom. The Bertz CT molecular complexity index is 1610. The molecule has 4 aromatic rings. The van der Waals surface area contributed by atoms with Crippen LogP contribution < -0.4 is 0 Å². The van der Waals surface area contributed by atoms with Gasteiger partial charge in [0.05, 0.1) is 24.2 Å². The minimum Gasteiger partial charge on any atom is -0.378 e. The van der Waals surface area contributed by atoms with Gasteiger partial charge in [0, 0.05) is 24.3 Å². The van der Waals surface area contributed by atoms with Crippen LogP contribution in [0.5, 0.6) is 0 Å². The van der Waals surface area contributed by atoms with Crippen molar-refractivity contribution in [1.29, 1.82) is 0 Å². The highest BCUT2D eigenvalue weighted by Crippen LogP contribution is 2.62. The standard InChI is InChI=1S/C34H30N2O4/c1-3-37-21-31-17-19-33(39-31,25-13-7-5-11-23(25)31)29-30(36-28-16-10-9-15-27(28)35-29)34-20-18-32(40-34,22-38-4-2)24-12-6-8-14-26(24)34/h5-20H,3-4,21-22H2,1-2H3/t31-,32?,33-,34?/m0/s1. The summed E-state index contributed by atoms with van der Waals surface area (Å²) in [5, 5.41) is 0. The summed E-state index contributed by atoms with van der Waals surface area (Å²) in [6.45, 7) is 6.08. The van der Waals surface area contributed by atoms with Crippen LogP contribution in [0.1, 0.15) is 47.5 Å². The van der Waals surface area contributed by atoms with Crippen molar-refractivity contribution in [2.75, 3.05) is 26.4 Å². The van der Waals surface area contributed by atoms with Gasteiger partial charge in [-0.3, -0.25) is 0 Å². The Morgan fingerprint density at radius 2 is 0.950 bits per heavy atom. The lowest BCUT2D eigenvalue weighted by Gasteiger charge is -2.32. The molecule has 0 saturated carbocycles. The van der Waals surface area contributed by atoms with Gasteiger partial charge < -0.3 is 18.9 Å². The van der Waals surface area contributed by atoms with Crippen LogP contribution >= 0.6 is 0 Å². The largest absolute Gasteiger partial charge is 0.378 e. The van der Waals surface area contributed by atoms with Gasteiger partial charge in [0.2, 0.25) is 0 Å². The Kier molecular flexibility index (Phi) is 5.08. The van der Waals surface area contributed by atoms with E-state index in [1.165, 1.54) is 0 Å². The third-order valence-corrected chi connectivity index (χ3v) is 8.74. The topological polar surface area (TPSA) is 62.7 Å². The smallest absolute Gasteiger partial charge is 0.157 e. The molecule has 4 aliphatic heterocycles. The van der Waals surface area contributed by atoms with Crippen molar-refractivity contribution in [3.8, 4) is 0 Å². The maximum Gasteiger partial charge on any atom is 0.157 e. The second-order valence-corrected chi connectivity index (χ2v) is 10.9. The number of fused-ring (bicyclic) bond motifs is 11. The fraction of sp³-hybridized carbons (Fsp3) is 0.294. The minimum absolute atomic E-state index is 0.428. The quantitative estimate of drug-likeness (QED) is 0.269. The molecule has 8 rings (SSSR count). The van der Waals surface area contributed by atoms with Crippen molar-refractivity contribution in [2.45, 2.75) is 36.3 Å². The summed E-state index contributed by atoms with van der Waals surface area (Å²) in [6, 6.07) is 24.8. The van der Waals surface area contributed by atoms with Gasteiger partial charge in [-0.2, -0.15) is 0 Å². The number of benzene rings is 3. The van der Waals surface area contributed by atoms with E-state index in [0.717, 1.165) is 44.7 Å². The van der Waals surface area contributed by atoms with Crippen LogP contribution in [0.15, 0.2) is 97.1 Å². The van der Waals surface area contributed by atoms with E-state index in [-0.39, 0.29) is 0 Å². The molecule has 6 heteroatoms. The predicted octanol–water partition coefficient (Wildman–Crippen LogP) is 5.78. The summed E-state index contributed by atoms with van der Waals surface area (Å²) in [7, 11) is 0. The first-order valence-electron chi connectivity index (χ1n) is 14.0. The molecule has 0 N–H and O–H groups in total. The number of hydrogen-bond donors (Lipinski definition) is 0. The van der Waals surface area contributed by atoms with Crippen molar-refractivity contribution in [3.05, 3.63) is 131 Å². The second kappa shape index (κ2) is 8.41. The summed E-state index contributed by atoms with van der Waals surface area (Å²) < 4.78 is 26.1. The maximum absolute atomic E-state index is 7.09. The van der Waals surface area contributed by atoms with Gasteiger partial charge in [-0.05, 0) is 61.4 Å². The van der Waals surface area contributed by atoms with Gasteiger partial charge in [0.1, 0.15) is 22.6 Å². The molecule has 0 fully saturated rings. The molecule has 0 aliphatic carbocycles. The molecule has 0 radical (unpaired) electrons. The van der Waals surface area contributed by atoms with Crippen LogP contribution in [0.2, 0.25) is 0 Å². The number of aromatic nitrogens is 2. The van der Waals surface area contributed by atoms with E-state index in [4.69, 9.17) is 28.9 Å². The summed E-state index contributed by atoms with van der Waals surface area (Å²) in [4.78, 5) is 10.7. The molecule has 200 valence electrons. The van der Waals surface area contributed by atoms with Crippen molar-refractivity contribution in [3.63, 3.8) is 0 Å². The van der Waals surface area contributed by atoms with Crippen molar-refractivity contribution < 1.29 is 18.9 Å². The number of hydrogen-bond acceptors (Lipinski definition) is 6. The first-order valence-corrected chi connectivity index (χ1v) is 14.0. The van der Waals surface area contributed by atoms with Crippen LogP contribution in [0.3, 0.4) is 0 Å². The first-order chi connectivity index (χ1) is 19.6. The molecule has 5 heterocycles. The zero-order valence-corrected chi connectivity index (χ0v) is 22.6. The molecule has 40 heavy (non-hydrogen) atoms. The molecule has 4 atom stereocenters. The average Bonchev–Trinajstić information content (AvgIpc) is 3.74. The van der Waals surface area contributed by atoms with Crippen molar-refractivity contribution in [1.82, 2.24) is 9.97 Å². The molecule has 4 aliphatic rings. The number of para-hydroxylation sites is 2. The van der Waals surface area contributed by atoms with Crippen LogP contribution in [-0.4, -0.2) is 36.4 Å². The lowest BCUT2D eigenvalue weighted by atomic mass is 9.75. The fourth-order valence-corrected chi connectivity index (χ4v) is 6.99. The average molecular weight is 531 g/mol. The highest BCUT2D eigenvalue weighted by atomic mass is 16.6. The summed E-state index contributed by atoms with van der Waals surface area (Å²) >= 11 is 0. The van der Waals surface area contributed by atoms with Crippen LogP contribution in [-0.2, 0) is 41.4 Å². The van der Waals surface area contributed by atoms with Gasteiger partial charge in [-0.1, -0.05) is 60.7 Å². The number of rotatable bonds is 8. The molecular weight excluding hydrogens is 500 g/mol. The maximum atomic E-state index is 7.09. The SMILES string of the molecule is CCOCC12C=CC(c3nc4ccccc4nc3[C@@]34C=C[C@@](COCC)(O3)c3ccccc34)(O1)c1ccccc12. The van der Waals surface area contributed by atoms with Gasteiger partial charge in [0.25, 0.3) is 0 Å². The summed E-state index contributed by atoms with van der Waals surface area (Å²) in [5.41, 5.74) is 4.17. The minimum atomic E-state index is -0.936. The Morgan fingerprint density at radius 1 is 0.550 bits per heavy atom. The van der Waals surface area contributed by atoms with Crippen LogP contribution in [0, 0.1) is 0 Å². The number of ether oxygens (including phenoxy) is 4. The van der Waals surface area contributed by atoms with E-state index in [2.05, 4.69) is 72.8 Å². The molecule has 3 aromatic carbocycles. The Balaban J connectivity index is 1.39. The third kappa shape index (κ3) is 2.97. The van der Waals surface area contributed by atoms with Crippen LogP contribution in [0.25, 0.3) is 11.0 Å².